The van der Waals surface area contributed by atoms with Crippen LogP contribution in [0, 0.1) is 11.7 Å². The van der Waals surface area contributed by atoms with Crippen LogP contribution >= 0.6 is 11.6 Å². The van der Waals surface area contributed by atoms with E-state index in [0.29, 0.717) is 34.7 Å². The van der Waals surface area contributed by atoms with Crippen LogP contribution in [0.3, 0.4) is 0 Å². The predicted octanol–water partition coefficient (Wildman–Crippen LogP) is 7.29. The fraction of sp³-hybridized carbons (Fsp3) is 0.310. The van der Waals surface area contributed by atoms with Gasteiger partial charge in [0.15, 0.2) is 17.7 Å². The van der Waals surface area contributed by atoms with E-state index in [1.54, 1.807) is 61.5 Å². The lowest BCUT2D eigenvalue weighted by atomic mass is 9.72. The summed E-state index contributed by atoms with van der Waals surface area (Å²) >= 11 is 6.01. The first-order chi connectivity index (χ1) is 17.6. The van der Waals surface area contributed by atoms with Crippen molar-refractivity contribution in [2.24, 2.45) is 5.92 Å². The van der Waals surface area contributed by atoms with Crippen molar-refractivity contribution in [1.82, 2.24) is 0 Å². The van der Waals surface area contributed by atoms with Crippen molar-refractivity contribution in [3.8, 4) is 11.5 Å². The zero-order valence-corrected chi connectivity index (χ0v) is 21.1. The molecule has 3 aromatic rings. The Morgan fingerprint density at radius 1 is 1.03 bits per heavy atom. The minimum absolute atomic E-state index is 0.117. The van der Waals surface area contributed by atoms with Gasteiger partial charge in [0.05, 0.1) is 0 Å². The number of alkyl halides is 1. The Balaban J connectivity index is 1.77. The Bertz CT molecular complexity index is 1260. The van der Waals surface area contributed by atoms with Crippen LogP contribution < -0.4 is 4.74 Å². The monoisotopic (exact) mass is 528 g/mol. The summed E-state index contributed by atoms with van der Waals surface area (Å²) in [4.78, 5) is 24.8. The number of esters is 1. The van der Waals surface area contributed by atoms with Crippen molar-refractivity contribution in [3.63, 3.8) is 0 Å². The average molecular weight is 529 g/mol. The molecule has 8 heteroatoms. The molecule has 0 amide bonds. The molecule has 1 N–H and O–H groups in total. The molecule has 3 aromatic carbocycles. The number of hydrogen-bond donors (Lipinski definition) is 1. The molecule has 1 fully saturated rings. The minimum Gasteiger partial charge on any atom is -0.479 e. The van der Waals surface area contributed by atoms with E-state index in [0.717, 1.165) is 13.0 Å². The number of aliphatic carboxylic acids is 1. The van der Waals surface area contributed by atoms with Crippen molar-refractivity contribution in [2.45, 2.75) is 50.3 Å². The number of halogens is 3. The second-order valence-corrected chi connectivity index (χ2v) is 9.80. The minimum atomic E-state index is -2.98. The number of rotatable bonds is 10. The summed E-state index contributed by atoms with van der Waals surface area (Å²) in [6.45, 7) is 2.65. The van der Waals surface area contributed by atoms with Gasteiger partial charge in [0.25, 0.3) is 5.67 Å². The van der Waals surface area contributed by atoms with Crippen molar-refractivity contribution < 1.29 is 33.0 Å². The third kappa shape index (κ3) is 5.77. The Kier molecular flexibility index (Phi) is 7.83. The van der Waals surface area contributed by atoms with Gasteiger partial charge in [0, 0.05) is 23.8 Å². The highest BCUT2D eigenvalue weighted by atomic mass is 35.5. The Labute approximate surface area is 219 Å². The molecule has 0 aliphatic heterocycles. The van der Waals surface area contributed by atoms with Gasteiger partial charge in [-0.2, -0.15) is 0 Å². The van der Waals surface area contributed by atoms with Crippen LogP contribution in [-0.2, 0) is 14.3 Å². The third-order valence-electron chi connectivity index (χ3n) is 6.72. The topological polar surface area (TPSA) is 72.8 Å². The number of para-hydroxylation sites is 1. The molecule has 0 saturated heterocycles. The van der Waals surface area contributed by atoms with Crippen LogP contribution in [0.2, 0.25) is 5.02 Å². The molecular formula is C29H27ClF2O5. The van der Waals surface area contributed by atoms with Crippen LogP contribution in [0.1, 0.15) is 49.7 Å². The highest BCUT2D eigenvalue weighted by Crippen LogP contribution is 2.53. The van der Waals surface area contributed by atoms with Crippen molar-refractivity contribution in [1.29, 1.82) is 0 Å². The van der Waals surface area contributed by atoms with Gasteiger partial charge in [0.1, 0.15) is 5.75 Å². The lowest BCUT2D eigenvalue weighted by Gasteiger charge is -2.39. The van der Waals surface area contributed by atoms with E-state index in [-0.39, 0.29) is 11.7 Å². The fourth-order valence-corrected chi connectivity index (χ4v) is 4.92. The van der Waals surface area contributed by atoms with Gasteiger partial charge >= 0.3 is 11.9 Å². The molecule has 0 radical (unpaired) electrons. The molecule has 2 unspecified atom stereocenters. The molecule has 194 valence electrons. The quantitative estimate of drug-likeness (QED) is 0.280. The van der Waals surface area contributed by atoms with Crippen LogP contribution in [0.5, 0.6) is 11.5 Å². The SMILES string of the molecule is CC(=O)O[C@H](C(C)c1ccc(F)c(Oc2ccccc2)c1)[C@](F)(C(=O)O)C(c1ccc(Cl)cc1)C1CC1. The highest BCUT2D eigenvalue weighted by molar-refractivity contribution is 6.30. The first-order valence-corrected chi connectivity index (χ1v) is 12.4. The fourth-order valence-electron chi connectivity index (χ4n) is 4.79. The number of hydrogen-bond acceptors (Lipinski definition) is 4. The zero-order valence-electron chi connectivity index (χ0n) is 20.4. The third-order valence-corrected chi connectivity index (χ3v) is 6.97. The molecule has 1 aliphatic rings. The van der Waals surface area contributed by atoms with E-state index in [2.05, 4.69) is 0 Å². The Morgan fingerprint density at radius 3 is 2.22 bits per heavy atom. The Hall–Kier alpha value is -3.45. The van der Waals surface area contributed by atoms with Crippen LogP contribution in [-0.4, -0.2) is 28.8 Å². The van der Waals surface area contributed by atoms with Gasteiger partial charge < -0.3 is 14.6 Å². The number of benzene rings is 3. The maximum Gasteiger partial charge on any atom is 0.346 e. The van der Waals surface area contributed by atoms with E-state index < -0.39 is 41.4 Å². The molecule has 5 nitrogen and oxygen atoms in total. The zero-order chi connectivity index (χ0) is 26.7. The Morgan fingerprint density at radius 2 is 1.65 bits per heavy atom. The molecule has 0 heterocycles. The summed E-state index contributed by atoms with van der Waals surface area (Å²) < 4.78 is 42.8. The number of carbonyl (C=O) groups excluding carboxylic acids is 1. The molecule has 1 aliphatic carbocycles. The first kappa shape index (κ1) is 26.6. The standard InChI is InChI=1S/C29H27ClF2O5/c1-17(21-12-15-24(31)25(16-21)37-23-6-4-3-5-7-23)27(36-18(2)33)29(32,28(34)35)26(19-8-9-19)20-10-13-22(30)14-11-20/h3-7,10-17,19,26-27H,8-9H2,1-2H3,(H,34,35)/t17?,26?,27-,29+/m1/s1. The number of carbonyl (C=O) groups is 2. The molecule has 0 aromatic heterocycles. The molecular weight excluding hydrogens is 502 g/mol. The molecule has 4 atom stereocenters. The van der Waals surface area contributed by atoms with E-state index in [1.807, 2.05) is 0 Å². The van der Waals surface area contributed by atoms with Gasteiger partial charge in [-0.05, 0) is 66.3 Å². The molecule has 0 spiro atoms. The van der Waals surface area contributed by atoms with Crippen LogP contribution in [0.25, 0.3) is 0 Å². The van der Waals surface area contributed by atoms with Crippen molar-refractivity contribution in [2.75, 3.05) is 0 Å². The van der Waals surface area contributed by atoms with Crippen molar-refractivity contribution in [3.05, 3.63) is 94.8 Å². The second kappa shape index (κ2) is 10.9. The van der Waals surface area contributed by atoms with E-state index in [1.165, 1.54) is 12.1 Å². The van der Waals surface area contributed by atoms with E-state index >= 15 is 4.39 Å². The number of carboxylic acid groups (broad SMARTS) is 1. The summed E-state index contributed by atoms with van der Waals surface area (Å²) in [5.74, 6) is -5.23. The maximum atomic E-state index is 17.1. The molecule has 0 bridgehead atoms. The van der Waals surface area contributed by atoms with Gasteiger partial charge in [-0.25, -0.2) is 13.6 Å². The lowest BCUT2D eigenvalue weighted by molar-refractivity contribution is -0.176. The first-order valence-electron chi connectivity index (χ1n) is 12.0. The van der Waals surface area contributed by atoms with Gasteiger partial charge in [0.2, 0.25) is 0 Å². The van der Waals surface area contributed by atoms with Crippen molar-refractivity contribution >= 4 is 23.5 Å². The molecule has 4 rings (SSSR count). The summed E-state index contributed by atoms with van der Waals surface area (Å²) in [6, 6.07) is 18.8. The van der Waals surface area contributed by atoms with Gasteiger partial charge in [-0.15, -0.1) is 0 Å². The summed E-state index contributed by atoms with van der Waals surface area (Å²) in [5.41, 5.74) is -2.17. The predicted molar refractivity (Wildman–Crippen MR) is 135 cm³/mol. The highest BCUT2D eigenvalue weighted by Gasteiger charge is 2.61. The summed E-state index contributed by atoms with van der Waals surface area (Å²) in [5, 5.41) is 10.7. The summed E-state index contributed by atoms with van der Waals surface area (Å²) in [6.07, 6.45) is -0.434. The average Bonchev–Trinajstić information content (AvgIpc) is 3.70. The molecule has 37 heavy (non-hydrogen) atoms. The lowest BCUT2D eigenvalue weighted by Crippen LogP contribution is -2.54. The van der Waals surface area contributed by atoms with Crippen LogP contribution in [0.4, 0.5) is 8.78 Å². The van der Waals surface area contributed by atoms with Gasteiger partial charge in [-0.1, -0.05) is 54.9 Å². The van der Waals surface area contributed by atoms with E-state index in [4.69, 9.17) is 21.1 Å². The summed E-state index contributed by atoms with van der Waals surface area (Å²) in [7, 11) is 0. The normalized spacial score (nSPS) is 17.2. The van der Waals surface area contributed by atoms with Gasteiger partial charge in [-0.3, -0.25) is 4.79 Å². The second-order valence-electron chi connectivity index (χ2n) is 9.36. The number of ether oxygens (including phenoxy) is 2. The number of carboxylic acids is 1. The van der Waals surface area contributed by atoms with Crippen LogP contribution in [0.15, 0.2) is 72.8 Å². The molecule has 1 saturated carbocycles. The largest absolute Gasteiger partial charge is 0.479 e. The van der Waals surface area contributed by atoms with E-state index in [9.17, 15) is 19.1 Å². The smallest absolute Gasteiger partial charge is 0.346 e. The maximum absolute atomic E-state index is 17.1.